The van der Waals surface area contributed by atoms with Crippen molar-refractivity contribution in [1.29, 1.82) is 0 Å². The molecule has 2 heterocycles. The Labute approximate surface area is 134 Å². The third kappa shape index (κ3) is 1.68. The topological polar surface area (TPSA) is 37.5 Å². The van der Waals surface area contributed by atoms with E-state index in [1.165, 1.54) is 33.3 Å². The van der Waals surface area contributed by atoms with E-state index in [0.717, 1.165) is 31.4 Å². The number of aromatic nitrogens is 1. The molecule has 0 fully saturated rings. The second-order valence-electron chi connectivity index (χ2n) is 6.52. The van der Waals surface area contributed by atoms with E-state index in [9.17, 15) is 5.21 Å². The quantitative estimate of drug-likeness (QED) is 0.528. The molecule has 1 atom stereocenters. The van der Waals surface area contributed by atoms with Crippen LogP contribution in [0.3, 0.4) is 0 Å². The molecule has 1 N–H and O–H groups in total. The Balaban J connectivity index is 1.85. The molecule has 1 aromatic heterocycles. The Kier molecular flexibility index (Phi) is 2.66. The smallest absolute Gasteiger partial charge is 0.0896 e. The number of benzene rings is 2. The van der Waals surface area contributed by atoms with Crippen molar-refractivity contribution in [3.05, 3.63) is 70.9 Å². The van der Waals surface area contributed by atoms with Gasteiger partial charge in [-0.3, -0.25) is 0 Å². The van der Waals surface area contributed by atoms with Crippen molar-refractivity contribution in [1.82, 2.24) is 4.57 Å². The molecule has 5 rings (SSSR count). The molecule has 0 radical (unpaired) electrons. The van der Waals surface area contributed by atoms with Crippen LogP contribution in [0.1, 0.15) is 41.3 Å². The number of para-hydroxylation sites is 1. The van der Waals surface area contributed by atoms with Gasteiger partial charge in [-0.05, 0) is 36.8 Å². The molecule has 3 aromatic rings. The minimum absolute atomic E-state index is 0.385. The highest BCUT2D eigenvalue weighted by molar-refractivity contribution is 6.14. The van der Waals surface area contributed by atoms with Gasteiger partial charge in [-0.15, -0.1) is 0 Å². The number of hydrogen-bond acceptors (Lipinski definition) is 2. The minimum atomic E-state index is 0.385. The summed E-state index contributed by atoms with van der Waals surface area (Å²) in [6.07, 6.45) is 4.03. The fourth-order valence-corrected chi connectivity index (χ4v) is 4.48. The SMILES string of the molecule is ON=C1CCc2c1c1cccc3c1n2C(c1ccccc1)CC3. The first kappa shape index (κ1) is 12.9. The summed E-state index contributed by atoms with van der Waals surface area (Å²) in [5.74, 6) is 0. The highest BCUT2D eigenvalue weighted by Crippen LogP contribution is 2.43. The molecule has 2 aliphatic rings. The second kappa shape index (κ2) is 4.72. The molecule has 23 heavy (non-hydrogen) atoms. The molecule has 2 aromatic carbocycles. The Morgan fingerprint density at radius 3 is 2.65 bits per heavy atom. The number of rotatable bonds is 1. The fraction of sp³-hybridized carbons (Fsp3) is 0.250. The van der Waals surface area contributed by atoms with Crippen molar-refractivity contribution < 1.29 is 5.21 Å². The molecule has 0 amide bonds. The lowest BCUT2D eigenvalue weighted by Gasteiger charge is -2.28. The standard InChI is InChI=1S/C20H18N2O/c23-21-16-10-12-18-19(16)15-8-4-7-14-9-11-17(22(18)20(14)15)13-5-2-1-3-6-13/h1-8,17,23H,9-12H2. The third-order valence-corrected chi connectivity index (χ3v) is 5.40. The van der Waals surface area contributed by atoms with Crippen LogP contribution in [0, 0.1) is 0 Å². The van der Waals surface area contributed by atoms with Gasteiger partial charge >= 0.3 is 0 Å². The van der Waals surface area contributed by atoms with Gasteiger partial charge in [-0.25, -0.2) is 0 Å². The maximum atomic E-state index is 9.40. The molecule has 1 aliphatic carbocycles. The summed E-state index contributed by atoms with van der Waals surface area (Å²) in [5.41, 5.74) is 7.49. The average Bonchev–Trinajstić information content (AvgIpc) is 3.17. The Hall–Kier alpha value is -2.55. The molecule has 0 saturated carbocycles. The van der Waals surface area contributed by atoms with Gasteiger partial charge < -0.3 is 9.77 Å². The second-order valence-corrected chi connectivity index (χ2v) is 6.52. The van der Waals surface area contributed by atoms with E-state index in [4.69, 9.17) is 0 Å². The normalized spacial score (nSPS) is 21.0. The first-order chi connectivity index (χ1) is 11.4. The van der Waals surface area contributed by atoms with E-state index in [-0.39, 0.29) is 0 Å². The van der Waals surface area contributed by atoms with Crippen molar-refractivity contribution in [2.24, 2.45) is 5.16 Å². The van der Waals surface area contributed by atoms with Crippen LogP contribution in [0.5, 0.6) is 0 Å². The average molecular weight is 302 g/mol. The van der Waals surface area contributed by atoms with Gasteiger partial charge in [0.2, 0.25) is 0 Å². The van der Waals surface area contributed by atoms with Crippen molar-refractivity contribution in [3.63, 3.8) is 0 Å². The van der Waals surface area contributed by atoms with Crippen LogP contribution < -0.4 is 0 Å². The Morgan fingerprint density at radius 1 is 0.957 bits per heavy atom. The molecule has 3 nitrogen and oxygen atoms in total. The zero-order valence-corrected chi connectivity index (χ0v) is 12.9. The number of oxime groups is 1. The van der Waals surface area contributed by atoms with Crippen molar-refractivity contribution in [2.45, 2.75) is 31.7 Å². The molecule has 0 bridgehead atoms. The Bertz CT molecular complexity index is 937. The van der Waals surface area contributed by atoms with Gasteiger partial charge in [0.1, 0.15) is 0 Å². The molecule has 0 saturated heterocycles. The van der Waals surface area contributed by atoms with Crippen molar-refractivity contribution in [2.75, 3.05) is 0 Å². The largest absolute Gasteiger partial charge is 0.411 e. The third-order valence-electron chi connectivity index (χ3n) is 5.40. The zero-order valence-electron chi connectivity index (χ0n) is 12.9. The maximum Gasteiger partial charge on any atom is 0.0896 e. The summed E-state index contributed by atoms with van der Waals surface area (Å²) < 4.78 is 2.52. The number of fused-ring (bicyclic) bond motifs is 3. The van der Waals surface area contributed by atoms with Crippen LogP contribution in [-0.2, 0) is 12.8 Å². The number of nitrogens with zero attached hydrogens (tertiary/aromatic N) is 2. The molecule has 1 unspecified atom stereocenters. The van der Waals surface area contributed by atoms with E-state index in [1.54, 1.807) is 0 Å². The predicted molar refractivity (Wildman–Crippen MR) is 91.5 cm³/mol. The molecular formula is C20H18N2O. The summed E-state index contributed by atoms with van der Waals surface area (Å²) in [5, 5.41) is 14.2. The first-order valence-electron chi connectivity index (χ1n) is 8.29. The summed E-state index contributed by atoms with van der Waals surface area (Å²) in [6.45, 7) is 0. The monoisotopic (exact) mass is 302 g/mol. The van der Waals surface area contributed by atoms with E-state index in [1.807, 2.05) is 0 Å². The number of aryl methyl sites for hydroxylation is 1. The predicted octanol–water partition coefficient (Wildman–Crippen LogP) is 4.30. The molecule has 1 aliphatic heterocycles. The highest BCUT2D eigenvalue weighted by Gasteiger charge is 2.33. The Morgan fingerprint density at radius 2 is 1.83 bits per heavy atom. The van der Waals surface area contributed by atoms with E-state index in [2.05, 4.69) is 58.3 Å². The number of hydrogen-bond donors (Lipinski definition) is 1. The van der Waals surface area contributed by atoms with Crippen LogP contribution in [0.4, 0.5) is 0 Å². The molecule has 114 valence electrons. The van der Waals surface area contributed by atoms with Crippen LogP contribution in [-0.4, -0.2) is 15.5 Å². The van der Waals surface area contributed by atoms with Crippen LogP contribution >= 0.6 is 0 Å². The van der Waals surface area contributed by atoms with E-state index in [0.29, 0.717) is 6.04 Å². The van der Waals surface area contributed by atoms with Crippen LogP contribution in [0.15, 0.2) is 53.7 Å². The van der Waals surface area contributed by atoms with Crippen molar-refractivity contribution >= 4 is 16.6 Å². The minimum Gasteiger partial charge on any atom is -0.411 e. The highest BCUT2D eigenvalue weighted by atomic mass is 16.4. The van der Waals surface area contributed by atoms with Gasteiger partial charge in [-0.1, -0.05) is 53.7 Å². The summed E-state index contributed by atoms with van der Waals surface area (Å²) in [6, 6.07) is 17.7. The van der Waals surface area contributed by atoms with Gasteiger partial charge in [0.15, 0.2) is 0 Å². The van der Waals surface area contributed by atoms with E-state index < -0.39 is 0 Å². The van der Waals surface area contributed by atoms with Gasteiger partial charge in [0, 0.05) is 16.6 Å². The van der Waals surface area contributed by atoms with E-state index >= 15 is 0 Å². The van der Waals surface area contributed by atoms with Gasteiger partial charge in [0.05, 0.1) is 17.3 Å². The summed E-state index contributed by atoms with van der Waals surface area (Å²) in [4.78, 5) is 0. The van der Waals surface area contributed by atoms with Crippen LogP contribution in [0.25, 0.3) is 10.9 Å². The first-order valence-corrected chi connectivity index (χ1v) is 8.29. The molecule has 3 heteroatoms. The molecular weight excluding hydrogens is 284 g/mol. The maximum absolute atomic E-state index is 9.40. The lowest BCUT2D eigenvalue weighted by Crippen LogP contribution is -2.18. The lowest BCUT2D eigenvalue weighted by molar-refractivity contribution is 0.318. The van der Waals surface area contributed by atoms with Gasteiger partial charge in [0.25, 0.3) is 0 Å². The van der Waals surface area contributed by atoms with Gasteiger partial charge in [-0.2, -0.15) is 0 Å². The van der Waals surface area contributed by atoms with Crippen LogP contribution in [0.2, 0.25) is 0 Å². The lowest BCUT2D eigenvalue weighted by atomic mass is 9.93. The summed E-state index contributed by atoms with van der Waals surface area (Å²) >= 11 is 0. The summed E-state index contributed by atoms with van der Waals surface area (Å²) in [7, 11) is 0. The molecule has 0 spiro atoms. The van der Waals surface area contributed by atoms with Crippen molar-refractivity contribution in [3.8, 4) is 0 Å². The fourth-order valence-electron chi connectivity index (χ4n) is 4.48. The zero-order chi connectivity index (χ0) is 15.4.